The highest BCUT2D eigenvalue weighted by Gasteiger charge is 2.15. The van der Waals surface area contributed by atoms with Gasteiger partial charge in [-0.05, 0) is 35.0 Å². The van der Waals surface area contributed by atoms with Gasteiger partial charge in [0.05, 0.1) is 15.1 Å². The van der Waals surface area contributed by atoms with Crippen LogP contribution in [0, 0.1) is 0 Å². The average Bonchev–Trinajstić information content (AvgIpc) is 3.09. The Balaban J connectivity index is 1.37. The van der Waals surface area contributed by atoms with Gasteiger partial charge in [0.25, 0.3) is 0 Å². The molecular formula is C20H17N3O3S2. The largest absolute Gasteiger partial charge is 0.302 e. The number of carbonyl (C=O) groups excluding carboxylic acids is 1. The van der Waals surface area contributed by atoms with Crippen molar-refractivity contribution >= 4 is 53.4 Å². The lowest BCUT2D eigenvalue weighted by atomic mass is 10.1. The molecule has 3 aromatic carbocycles. The molecule has 6 nitrogen and oxygen atoms in total. The van der Waals surface area contributed by atoms with Crippen molar-refractivity contribution in [3.05, 3.63) is 66.7 Å². The number of carbonyl (C=O) groups is 1. The van der Waals surface area contributed by atoms with Crippen LogP contribution in [-0.4, -0.2) is 25.9 Å². The number of hydrogen-bond acceptors (Lipinski definition) is 5. The SMILES string of the molecule is O=C(CCNS(=O)(=O)c1ccc2ccccc2c1)Nc1nc2ccccc2s1. The lowest BCUT2D eigenvalue weighted by molar-refractivity contribution is -0.116. The molecule has 0 atom stereocenters. The predicted octanol–water partition coefficient (Wildman–Crippen LogP) is 3.76. The Morgan fingerprint density at radius 1 is 0.964 bits per heavy atom. The fraction of sp³-hybridized carbons (Fsp3) is 0.100. The van der Waals surface area contributed by atoms with Gasteiger partial charge in [-0.25, -0.2) is 18.1 Å². The quantitative estimate of drug-likeness (QED) is 0.506. The van der Waals surface area contributed by atoms with Crippen molar-refractivity contribution in [2.45, 2.75) is 11.3 Å². The van der Waals surface area contributed by atoms with Gasteiger partial charge in [0.2, 0.25) is 15.9 Å². The van der Waals surface area contributed by atoms with E-state index in [9.17, 15) is 13.2 Å². The first-order valence-electron chi connectivity index (χ1n) is 8.65. The van der Waals surface area contributed by atoms with Crippen molar-refractivity contribution in [2.24, 2.45) is 0 Å². The molecule has 0 aliphatic rings. The zero-order valence-electron chi connectivity index (χ0n) is 14.8. The number of thiazole rings is 1. The van der Waals surface area contributed by atoms with Gasteiger partial charge in [0.15, 0.2) is 5.13 Å². The predicted molar refractivity (Wildman–Crippen MR) is 112 cm³/mol. The maximum atomic E-state index is 12.5. The van der Waals surface area contributed by atoms with Gasteiger partial charge in [-0.2, -0.15) is 0 Å². The highest BCUT2D eigenvalue weighted by Crippen LogP contribution is 2.25. The molecule has 4 rings (SSSR count). The number of rotatable bonds is 6. The molecule has 0 saturated heterocycles. The van der Waals surface area contributed by atoms with E-state index in [-0.39, 0.29) is 23.8 Å². The van der Waals surface area contributed by atoms with Crippen LogP contribution < -0.4 is 10.0 Å². The van der Waals surface area contributed by atoms with Gasteiger partial charge in [-0.1, -0.05) is 53.8 Å². The summed E-state index contributed by atoms with van der Waals surface area (Å²) >= 11 is 1.38. The van der Waals surface area contributed by atoms with Gasteiger partial charge in [0, 0.05) is 13.0 Å². The van der Waals surface area contributed by atoms with Crippen molar-refractivity contribution in [1.82, 2.24) is 9.71 Å². The second-order valence-corrected chi connectivity index (χ2v) is 8.99. The van der Waals surface area contributed by atoms with E-state index in [1.165, 1.54) is 11.3 Å². The number of sulfonamides is 1. The first-order valence-corrected chi connectivity index (χ1v) is 11.0. The summed E-state index contributed by atoms with van der Waals surface area (Å²) in [5.41, 5.74) is 0.819. The van der Waals surface area contributed by atoms with Crippen LogP contribution in [-0.2, 0) is 14.8 Å². The molecule has 4 aromatic rings. The summed E-state index contributed by atoms with van der Waals surface area (Å²) in [6.07, 6.45) is 0.0166. The summed E-state index contributed by atoms with van der Waals surface area (Å²) in [4.78, 5) is 16.6. The number of benzene rings is 3. The second-order valence-electron chi connectivity index (χ2n) is 6.19. The third-order valence-electron chi connectivity index (χ3n) is 4.22. The molecule has 0 aliphatic carbocycles. The average molecular weight is 412 g/mol. The van der Waals surface area contributed by atoms with Crippen LogP contribution in [0.15, 0.2) is 71.6 Å². The van der Waals surface area contributed by atoms with E-state index >= 15 is 0 Å². The molecule has 1 heterocycles. The van der Waals surface area contributed by atoms with E-state index in [2.05, 4.69) is 15.0 Å². The maximum Gasteiger partial charge on any atom is 0.240 e. The zero-order valence-corrected chi connectivity index (χ0v) is 16.4. The minimum absolute atomic E-state index is 0.00584. The third-order valence-corrected chi connectivity index (χ3v) is 6.63. The molecule has 0 saturated carbocycles. The highest BCUT2D eigenvalue weighted by molar-refractivity contribution is 7.89. The molecule has 8 heteroatoms. The van der Waals surface area contributed by atoms with Crippen LogP contribution in [0.5, 0.6) is 0 Å². The molecule has 28 heavy (non-hydrogen) atoms. The molecule has 0 bridgehead atoms. The molecule has 1 aromatic heterocycles. The number of anilines is 1. The molecule has 0 fully saturated rings. The Morgan fingerprint density at radius 2 is 1.71 bits per heavy atom. The Bertz CT molecular complexity index is 1230. The summed E-state index contributed by atoms with van der Waals surface area (Å²) in [6, 6.07) is 20.1. The number of para-hydroxylation sites is 1. The van der Waals surface area contributed by atoms with Crippen LogP contribution in [0.1, 0.15) is 6.42 Å². The molecule has 0 spiro atoms. The number of aromatic nitrogens is 1. The van der Waals surface area contributed by atoms with Crippen molar-refractivity contribution in [1.29, 1.82) is 0 Å². The first-order chi connectivity index (χ1) is 13.5. The maximum absolute atomic E-state index is 12.5. The number of fused-ring (bicyclic) bond motifs is 2. The van der Waals surface area contributed by atoms with Crippen LogP contribution in [0.4, 0.5) is 5.13 Å². The summed E-state index contributed by atoms with van der Waals surface area (Å²) in [5, 5.41) is 5.03. The Kier molecular flexibility index (Phi) is 5.08. The monoisotopic (exact) mass is 411 g/mol. The second kappa shape index (κ2) is 7.67. The normalized spacial score (nSPS) is 11.7. The lowest BCUT2D eigenvalue weighted by Gasteiger charge is -2.08. The minimum atomic E-state index is -3.68. The fourth-order valence-corrected chi connectivity index (χ4v) is 4.77. The van der Waals surface area contributed by atoms with Crippen molar-refractivity contribution in [2.75, 3.05) is 11.9 Å². The van der Waals surface area contributed by atoms with E-state index < -0.39 is 10.0 Å². The summed E-state index contributed by atoms with van der Waals surface area (Å²) in [6.45, 7) is 0.00584. The van der Waals surface area contributed by atoms with Crippen molar-refractivity contribution in [3.63, 3.8) is 0 Å². The van der Waals surface area contributed by atoms with Crippen LogP contribution in [0.3, 0.4) is 0 Å². The Hall–Kier alpha value is -2.81. The fourth-order valence-electron chi connectivity index (χ4n) is 2.82. The number of nitrogens with one attached hydrogen (secondary N) is 2. The lowest BCUT2D eigenvalue weighted by Crippen LogP contribution is -2.27. The van der Waals surface area contributed by atoms with Gasteiger partial charge in [-0.15, -0.1) is 0 Å². The third kappa shape index (κ3) is 4.04. The first kappa shape index (κ1) is 18.5. The van der Waals surface area contributed by atoms with Gasteiger partial charge in [-0.3, -0.25) is 4.79 Å². The molecule has 0 aliphatic heterocycles. The molecule has 0 radical (unpaired) electrons. The van der Waals surface area contributed by atoms with E-state index in [0.29, 0.717) is 5.13 Å². The van der Waals surface area contributed by atoms with E-state index in [1.807, 2.05) is 48.5 Å². The molecule has 2 N–H and O–H groups in total. The van der Waals surface area contributed by atoms with Gasteiger partial charge < -0.3 is 5.32 Å². The smallest absolute Gasteiger partial charge is 0.240 e. The minimum Gasteiger partial charge on any atom is -0.302 e. The summed E-state index contributed by atoms with van der Waals surface area (Å²) < 4.78 is 28.4. The topological polar surface area (TPSA) is 88.2 Å². The standard InChI is InChI=1S/C20H17N3O3S2/c24-19(23-20-22-17-7-3-4-8-18(17)27-20)11-12-21-28(25,26)16-10-9-14-5-1-2-6-15(14)13-16/h1-10,13,21H,11-12H2,(H,22,23,24). The number of amides is 1. The molecule has 142 valence electrons. The number of nitrogens with zero attached hydrogens (tertiary/aromatic N) is 1. The Morgan fingerprint density at radius 3 is 2.54 bits per heavy atom. The molecular weight excluding hydrogens is 394 g/mol. The molecule has 0 unspecified atom stereocenters. The molecule has 1 amide bonds. The van der Waals surface area contributed by atoms with Crippen LogP contribution in [0.25, 0.3) is 21.0 Å². The summed E-state index contributed by atoms with van der Waals surface area (Å²) in [5.74, 6) is -0.291. The Labute approximate surface area is 166 Å². The van der Waals surface area contributed by atoms with Gasteiger partial charge >= 0.3 is 0 Å². The zero-order chi connectivity index (χ0) is 19.6. The summed E-state index contributed by atoms with van der Waals surface area (Å²) in [7, 11) is -3.68. The van der Waals surface area contributed by atoms with Crippen molar-refractivity contribution < 1.29 is 13.2 Å². The van der Waals surface area contributed by atoms with E-state index in [1.54, 1.807) is 18.2 Å². The van der Waals surface area contributed by atoms with Crippen LogP contribution in [0.2, 0.25) is 0 Å². The van der Waals surface area contributed by atoms with Crippen molar-refractivity contribution in [3.8, 4) is 0 Å². The van der Waals surface area contributed by atoms with E-state index in [0.717, 1.165) is 21.0 Å². The van der Waals surface area contributed by atoms with E-state index in [4.69, 9.17) is 0 Å². The van der Waals surface area contributed by atoms with Gasteiger partial charge in [0.1, 0.15) is 0 Å². The van der Waals surface area contributed by atoms with Crippen LogP contribution >= 0.6 is 11.3 Å². The highest BCUT2D eigenvalue weighted by atomic mass is 32.2. The number of hydrogen-bond donors (Lipinski definition) is 2.